The fourth-order valence-corrected chi connectivity index (χ4v) is 6.34. The van der Waals surface area contributed by atoms with Crippen molar-refractivity contribution in [2.45, 2.75) is 56.8 Å². The van der Waals surface area contributed by atoms with E-state index < -0.39 is 37.7 Å². The molecule has 0 radical (unpaired) electrons. The van der Waals surface area contributed by atoms with E-state index in [1.165, 1.54) is 6.33 Å². The third-order valence-corrected chi connectivity index (χ3v) is 8.00. The Hall–Kier alpha value is -3.04. The highest BCUT2D eigenvalue weighted by Crippen LogP contribution is 2.56. The fourth-order valence-electron chi connectivity index (χ4n) is 4.44. The Kier molecular flexibility index (Phi) is 7.17. The number of hydrogen-bond acceptors (Lipinski definition) is 10. The van der Waals surface area contributed by atoms with E-state index in [9.17, 15) is 9.36 Å². The molecule has 2 aromatic heterocycles. The number of carbonyl (C=O) groups is 1. The molecule has 5 atom stereocenters. The fraction of sp³-hybridized carbons (Fsp3) is 0.417. The van der Waals surface area contributed by atoms with Gasteiger partial charge in [-0.1, -0.05) is 36.3 Å². The Morgan fingerprint density at radius 2 is 2.16 bits per heavy atom. The van der Waals surface area contributed by atoms with Gasteiger partial charge in [0.2, 0.25) is 5.28 Å². The van der Waals surface area contributed by atoms with Crippen molar-refractivity contribution in [1.29, 1.82) is 0 Å². The molecule has 0 bridgehead atoms. The zero-order valence-corrected chi connectivity index (χ0v) is 22.3. The van der Waals surface area contributed by atoms with Gasteiger partial charge in [0.25, 0.3) is 0 Å². The third-order valence-electron chi connectivity index (χ3n) is 6.21. The van der Waals surface area contributed by atoms with E-state index in [4.69, 9.17) is 42.3 Å². The van der Waals surface area contributed by atoms with Crippen LogP contribution in [0.25, 0.3) is 11.2 Å². The highest BCUT2D eigenvalue weighted by Gasteiger charge is 2.57. The molecule has 0 saturated carbocycles. The first kappa shape index (κ1) is 26.6. The van der Waals surface area contributed by atoms with Crippen LogP contribution in [-0.2, 0) is 34.3 Å². The lowest BCUT2D eigenvalue weighted by molar-refractivity contribution is -0.149. The number of nitrogens with zero attached hydrogens (tertiary/aromatic N) is 4. The molecule has 0 amide bonds. The van der Waals surface area contributed by atoms with Crippen molar-refractivity contribution in [3.8, 4) is 12.3 Å². The highest BCUT2D eigenvalue weighted by molar-refractivity contribution is 7.51. The van der Waals surface area contributed by atoms with Gasteiger partial charge >= 0.3 is 13.7 Å². The summed E-state index contributed by atoms with van der Waals surface area (Å²) in [4.78, 5) is 25.3. The maximum Gasteiger partial charge on any atom is 0.406 e. The number of nitrogens with two attached hydrogens (primary N) is 1. The van der Waals surface area contributed by atoms with Gasteiger partial charge in [0.1, 0.15) is 30.5 Å². The number of benzene rings is 1. The third kappa shape index (κ3) is 5.14. The smallest absolute Gasteiger partial charge is 0.406 e. The van der Waals surface area contributed by atoms with Crippen LogP contribution < -0.4 is 10.8 Å². The second kappa shape index (κ2) is 10.3. The van der Waals surface area contributed by atoms with Gasteiger partial charge in [0.15, 0.2) is 17.1 Å². The maximum absolute atomic E-state index is 13.8. The van der Waals surface area contributed by atoms with Gasteiger partial charge in [-0.3, -0.25) is 18.4 Å². The number of ether oxygens (including phenoxy) is 2. The number of nitrogen functional groups attached to an aromatic ring is 1. The molecule has 0 spiro atoms. The van der Waals surface area contributed by atoms with Crippen molar-refractivity contribution in [1.82, 2.24) is 24.6 Å². The molecule has 2 fully saturated rings. The molecule has 38 heavy (non-hydrogen) atoms. The monoisotopic (exact) mass is 560 g/mol. The van der Waals surface area contributed by atoms with Gasteiger partial charge in [-0.05, 0) is 37.4 Å². The molecule has 2 aliphatic rings. The van der Waals surface area contributed by atoms with Gasteiger partial charge in [-0.15, -0.1) is 6.42 Å². The minimum absolute atomic E-state index is 0.0511. The SMILES string of the molecule is C#C[C@@]12COP(=O)(N[C@@H](Cc3ccccc3)C(=O)OC(C)C)O[C@@H]1C[C@H](n1cnc3c(N)nc(Cl)nc31)O2. The summed E-state index contributed by atoms with van der Waals surface area (Å²) in [6, 6.07) is 8.26. The number of halogens is 1. The normalized spacial score (nSPS) is 27.7. The van der Waals surface area contributed by atoms with E-state index in [1.807, 2.05) is 30.3 Å². The number of nitrogens with one attached hydrogen (secondary N) is 1. The Morgan fingerprint density at radius 3 is 2.87 bits per heavy atom. The van der Waals surface area contributed by atoms with Crippen LogP contribution in [0.2, 0.25) is 5.28 Å². The summed E-state index contributed by atoms with van der Waals surface area (Å²) in [5.41, 5.74) is 6.11. The summed E-state index contributed by atoms with van der Waals surface area (Å²) in [5.74, 6) is 2.13. The summed E-state index contributed by atoms with van der Waals surface area (Å²) < 4.78 is 38.5. The second-order valence-corrected chi connectivity index (χ2v) is 11.3. The van der Waals surface area contributed by atoms with Crippen LogP contribution in [0.4, 0.5) is 5.82 Å². The maximum atomic E-state index is 13.8. The Bertz CT molecular complexity index is 1450. The van der Waals surface area contributed by atoms with Crippen molar-refractivity contribution in [2.75, 3.05) is 12.3 Å². The van der Waals surface area contributed by atoms with Crippen LogP contribution in [0.15, 0.2) is 36.7 Å². The molecular weight excluding hydrogens is 535 g/mol. The van der Waals surface area contributed by atoms with Crippen molar-refractivity contribution in [2.24, 2.45) is 0 Å². The number of imidazole rings is 1. The van der Waals surface area contributed by atoms with Gasteiger partial charge in [0.05, 0.1) is 12.4 Å². The number of terminal acetylenes is 1. The summed E-state index contributed by atoms with van der Waals surface area (Å²) in [6.45, 7) is 3.22. The topological polar surface area (TPSA) is 153 Å². The molecule has 1 aromatic carbocycles. The Labute approximate surface area is 223 Å². The van der Waals surface area contributed by atoms with Gasteiger partial charge in [-0.2, -0.15) is 9.97 Å². The molecule has 3 aromatic rings. The van der Waals surface area contributed by atoms with Crippen LogP contribution in [0.1, 0.15) is 32.1 Å². The van der Waals surface area contributed by atoms with Crippen molar-refractivity contribution in [3.05, 3.63) is 47.5 Å². The molecule has 1 unspecified atom stereocenters. The standard InChI is InChI=1S/C24H26ClN6O6P/c1-4-24-12-34-38(33,30-16(22(32)35-14(2)3)10-15-8-6-5-7-9-15)37-17(24)11-18(36-24)31-13-27-19-20(26)28-23(25)29-21(19)31/h1,5-9,13-14,16-18H,10-12H2,2-3H3,(H,30,33)(H2,26,28,29)/t16-,17+,18+,24+,38?/m0/s1. The zero-order valence-electron chi connectivity index (χ0n) is 20.6. The quantitative estimate of drug-likeness (QED) is 0.190. The van der Waals surface area contributed by atoms with Crippen LogP contribution in [-0.4, -0.2) is 55.9 Å². The predicted octanol–water partition coefficient (Wildman–Crippen LogP) is 3.03. The molecule has 14 heteroatoms. The minimum Gasteiger partial charge on any atom is -0.462 e. The van der Waals surface area contributed by atoms with Gasteiger partial charge < -0.3 is 15.2 Å². The van der Waals surface area contributed by atoms with E-state index in [0.717, 1.165) is 5.56 Å². The number of aromatic nitrogens is 4. The average molecular weight is 561 g/mol. The minimum atomic E-state index is -4.01. The van der Waals surface area contributed by atoms with E-state index in [2.05, 4.69) is 26.0 Å². The van der Waals surface area contributed by atoms with Crippen LogP contribution in [0.5, 0.6) is 0 Å². The number of rotatable bonds is 7. The molecule has 12 nitrogen and oxygen atoms in total. The first-order valence-corrected chi connectivity index (χ1v) is 13.8. The molecule has 4 heterocycles. The number of hydrogen-bond donors (Lipinski definition) is 2. The molecule has 200 valence electrons. The summed E-state index contributed by atoms with van der Waals surface area (Å²) in [5, 5.41) is 2.72. The molecule has 3 N–H and O–H groups in total. The largest absolute Gasteiger partial charge is 0.462 e. The first-order chi connectivity index (χ1) is 18.1. The van der Waals surface area contributed by atoms with Crippen molar-refractivity contribution < 1.29 is 27.9 Å². The lowest BCUT2D eigenvalue weighted by Crippen LogP contribution is -2.50. The number of esters is 1. The first-order valence-electron chi connectivity index (χ1n) is 11.9. The van der Waals surface area contributed by atoms with E-state index in [-0.39, 0.29) is 36.7 Å². The Morgan fingerprint density at radius 1 is 1.39 bits per heavy atom. The van der Waals surface area contributed by atoms with Crippen molar-refractivity contribution >= 4 is 42.3 Å². The van der Waals surface area contributed by atoms with Crippen molar-refractivity contribution in [3.63, 3.8) is 0 Å². The summed E-state index contributed by atoms with van der Waals surface area (Å²) in [6.07, 6.45) is 5.80. The molecular formula is C24H26ClN6O6P. The lowest BCUT2D eigenvalue weighted by Gasteiger charge is -2.38. The summed E-state index contributed by atoms with van der Waals surface area (Å²) in [7, 11) is -4.01. The Balaban J connectivity index is 1.38. The molecule has 0 aliphatic carbocycles. The molecule has 2 saturated heterocycles. The lowest BCUT2D eigenvalue weighted by atomic mass is 9.99. The van der Waals surface area contributed by atoms with Crippen LogP contribution in [0.3, 0.4) is 0 Å². The molecule has 2 aliphatic heterocycles. The number of anilines is 1. The van der Waals surface area contributed by atoms with E-state index >= 15 is 0 Å². The summed E-state index contributed by atoms with van der Waals surface area (Å²) >= 11 is 5.99. The van der Waals surface area contributed by atoms with E-state index in [0.29, 0.717) is 11.2 Å². The van der Waals surface area contributed by atoms with Crippen LogP contribution in [0, 0.1) is 12.3 Å². The van der Waals surface area contributed by atoms with Crippen LogP contribution >= 0.6 is 19.3 Å². The zero-order chi connectivity index (χ0) is 27.1. The highest BCUT2D eigenvalue weighted by atomic mass is 35.5. The van der Waals surface area contributed by atoms with Gasteiger partial charge in [-0.25, -0.2) is 14.6 Å². The van der Waals surface area contributed by atoms with Gasteiger partial charge in [0, 0.05) is 6.42 Å². The predicted molar refractivity (Wildman–Crippen MR) is 138 cm³/mol. The number of carbonyl (C=O) groups excluding carboxylic acids is 1. The number of fused-ring (bicyclic) bond motifs is 2. The second-order valence-electron chi connectivity index (χ2n) is 9.27. The van der Waals surface area contributed by atoms with E-state index in [1.54, 1.807) is 18.4 Å². The molecule has 5 rings (SSSR count). The average Bonchev–Trinajstić information content (AvgIpc) is 3.45.